The lowest BCUT2D eigenvalue weighted by molar-refractivity contribution is -0.0379. The Morgan fingerprint density at radius 1 is 1.90 bits per heavy atom. The topological polar surface area (TPSA) is 82.1 Å². The van der Waals surface area contributed by atoms with Crippen LogP contribution in [0.2, 0.25) is 0 Å². The second kappa shape index (κ2) is 2.44. The van der Waals surface area contributed by atoms with E-state index in [2.05, 4.69) is 15.4 Å². The zero-order chi connectivity index (χ0) is 7.56. The van der Waals surface area contributed by atoms with Crippen molar-refractivity contribution < 1.29 is 10.0 Å². The van der Waals surface area contributed by atoms with Crippen LogP contribution in [-0.4, -0.2) is 38.6 Å². The van der Waals surface area contributed by atoms with Crippen LogP contribution >= 0.6 is 0 Å². The molecular formula is C4H6N4O2. The summed E-state index contributed by atoms with van der Waals surface area (Å²) in [4.78, 5) is 10.8. The fraction of sp³-hybridized carbons (Fsp3) is 0.250. The van der Waals surface area contributed by atoms with E-state index in [0.717, 1.165) is 0 Å². The second-order valence-electron chi connectivity index (χ2n) is 1.70. The van der Waals surface area contributed by atoms with Crippen LogP contribution in [0.4, 0.5) is 0 Å². The molecule has 0 fully saturated rings. The van der Waals surface area contributed by atoms with Crippen molar-refractivity contribution in [3.63, 3.8) is 0 Å². The van der Waals surface area contributed by atoms with Gasteiger partial charge in [-0.1, -0.05) is 5.21 Å². The highest BCUT2D eigenvalue weighted by Gasteiger charge is 2.09. The van der Waals surface area contributed by atoms with E-state index in [1.54, 1.807) is 0 Å². The molecule has 1 aromatic rings. The predicted molar refractivity (Wildman–Crippen MR) is 30.3 cm³/mol. The summed E-state index contributed by atoms with van der Waals surface area (Å²) >= 11 is 0. The van der Waals surface area contributed by atoms with Crippen molar-refractivity contribution in [3.05, 3.63) is 11.9 Å². The van der Waals surface area contributed by atoms with Gasteiger partial charge in [-0.15, -0.1) is 5.10 Å². The molecule has 0 bridgehead atoms. The molecule has 6 heteroatoms. The summed E-state index contributed by atoms with van der Waals surface area (Å²) in [7, 11) is 1.23. The molecule has 1 rings (SSSR count). The van der Waals surface area contributed by atoms with E-state index in [-0.39, 0.29) is 5.69 Å². The number of carbonyl (C=O) groups excluding carboxylic acids is 1. The minimum atomic E-state index is -0.565. The first-order chi connectivity index (χ1) is 4.72. The third-order valence-electron chi connectivity index (χ3n) is 0.939. The van der Waals surface area contributed by atoms with Crippen molar-refractivity contribution in [2.75, 3.05) is 7.05 Å². The van der Waals surface area contributed by atoms with E-state index in [4.69, 9.17) is 5.21 Å². The number of carbonyl (C=O) groups is 1. The number of hydrogen-bond donors (Lipinski definition) is 2. The number of rotatable bonds is 1. The molecule has 1 aromatic heterocycles. The second-order valence-corrected chi connectivity index (χ2v) is 1.70. The number of nitrogens with zero attached hydrogens (tertiary/aromatic N) is 3. The van der Waals surface area contributed by atoms with Crippen molar-refractivity contribution in [1.29, 1.82) is 0 Å². The zero-order valence-electron chi connectivity index (χ0n) is 5.27. The number of aromatic nitrogens is 3. The number of hydroxylamine groups is 2. The summed E-state index contributed by atoms with van der Waals surface area (Å²) in [5, 5.41) is 18.0. The van der Waals surface area contributed by atoms with Gasteiger partial charge in [0.15, 0.2) is 0 Å². The molecule has 0 aliphatic heterocycles. The molecule has 0 radical (unpaired) electrons. The van der Waals surface area contributed by atoms with Crippen LogP contribution in [0, 0.1) is 0 Å². The Morgan fingerprint density at radius 2 is 2.60 bits per heavy atom. The number of hydrogen-bond acceptors (Lipinski definition) is 4. The van der Waals surface area contributed by atoms with E-state index in [1.165, 1.54) is 13.2 Å². The van der Waals surface area contributed by atoms with Crippen LogP contribution < -0.4 is 0 Å². The quantitative estimate of drug-likeness (QED) is 0.400. The highest BCUT2D eigenvalue weighted by Crippen LogP contribution is 1.91. The Labute approximate surface area is 56.4 Å². The van der Waals surface area contributed by atoms with Gasteiger partial charge in [-0.2, -0.15) is 0 Å². The van der Waals surface area contributed by atoms with E-state index in [9.17, 15) is 4.79 Å². The maximum absolute atomic E-state index is 10.8. The monoisotopic (exact) mass is 142 g/mol. The van der Waals surface area contributed by atoms with E-state index in [1.807, 2.05) is 0 Å². The van der Waals surface area contributed by atoms with Gasteiger partial charge in [-0.25, -0.2) is 5.06 Å². The van der Waals surface area contributed by atoms with Crippen LogP contribution in [0.5, 0.6) is 0 Å². The maximum atomic E-state index is 10.8. The molecule has 0 aromatic carbocycles. The average Bonchev–Trinajstić information content (AvgIpc) is 2.36. The minimum absolute atomic E-state index is 0.157. The first kappa shape index (κ1) is 6.69. The molecule has 0 saturated carbocycles. The maximum Gasteiger partial charge on any atom is 0.296 e. The SMILES string of the molecule is CN(O)C(=O)c1cnn[nH]1. The fourth-order valence-corrected chi connectivity index (χ4v) is 0.476. The van der Waals surface area contributed by atoms with Crippen molar-refractivity contribution in [2.24, 2.45) is 0 Å². The van der Waals surface area contributed by atoms with Crippen LogP contribution in [0.3, 0.4) is 0 Å². The molecule has 54 valence electrons. The molecule has 0 spiro atoms. The molecule has 6 nitrogen and oxygen atoms in total. The number of amides is 1. The lowest BCUT2D eigenvalue weighted by atomic mass is 10.4. The molecule has 2 N–H and O–H groups in total. The summed E-state index contributed by atoms with van der Waals surface area (Å²) in [5.41, 5.74) is 0.157. The highest BCUT2D eigenvalue weighted by molar-refractivity contribution is 5.90. The summed E-state index contributed by atoms with van der Waals surface area (Å²) < 4.78 is 0. The first-order valence-corrected chi connectivity index (χ1v) is 2.55. The minimum Gasteiger partial charge on any atom is -0.286 e. The van der Waals surface area contributed by atoms with Crippen LogP contribution in [0.1, 0.15) is 10.5 Å². The molecule has 0 unspecified atom stereocenters. The van der Waals surface area contributed by atoms with Crippen molar-refractivity contribution in [1.82, 2.24) is 20.5 Å². The van der Waals surface area contributed by atoms with Gasteiger partial charge in [-0.05, 0) is 0 Å². The standard InChI is InChI=1S/C4H6N4O2/c1-8(10)4(9)3-2-5-7-6-3/h2,10H,1H3,(H,5,6,7). The molecule has 0 aliphatic carbocycles. The van der Waals surface area contributed by atoms with Gasteiger partial charge in [0.1, 0.15) is 5.69 Å². The lowest BCUT2D eigenvalue weighted by Gasteiger charge is -2.03. The van der Waals surface area contributed by atoms with E-state index >= 15 is 0 Å². The van der Waals surface area contributed by atoms with Crippen LogP contribution in [0.25, 0.3) is 0 Å². The Hall–Kier alpha value is -1.43. The van der Waals surface area contributed by atoms with Crippen molar-refractivity contribution >= 4 is 5.91 Å². The van der Waals surface area contributed by atoms with Crippen LogP contribution in [-0.2, 0) is 0 Å². The largest absolute Gasteiger partial charge is 0.296 e. The third-order valence-corrected chi connectivity index (χ3v) is 0.939. The third kappa shape index (κ3) is 1.11. The molecular weight excluding hydrogens is 136 g/mol. The fourth-order valence-electron chi connectivity index (χ4n) is 0.476. The number of H-pyrrole nitrogens is 1. The van der Waals surface area contributed by atoms with Gasteiger partial charge >= 0.3 is 0 Å². The summed E-state index contributed by atoms with van der Waals surface area (Å²) in [5.74, 6) is -0.565. The molecule has 0 aliphatic rings. The highest BCUT2D eigenvalue weighted by atomic mass is 16.5. The van der Waals surface area contributed by atoms with E-state index < -0.39 is 5.91 Å². The first-order valence-electron chi connectivity index (χ1n) is 2.55. The molecule has 1 amide bonds. The smallest absolute Gasteiger partial charge is 0.286 e. The van der Waals surface area contributed by atoms with Crippen molar-refractivity contribution in [2.45, 2.75) is 0 Å². The zero-order valence-corrected chi connectivity index (χ0v) is 5.27. The van der Waals surface area contributed by atoms with Gasteiger partial charge in [0.2, 0.25) is 0 Å². The molecule has 1 heterocycles. The summed E-state index contributed by atoms with van der Waals surface area (Å²) in [6.45, 7) is 0. The van der Waals surface area contributed by atoms with Gasteiger partial charge in [0.05, 0.1) is 6.20 Å². The molecule has 10 heavy (non-hydrogen) atoms. The number of aromatic amines is 1. The average molecular weight is 142 g/mol. The van der Waals surface area contributed by atoms with Gasteiger partial charge in [0.25, 0.3) is 5.91 Å². The van der Waals surface area contributed by atoms with Gasteiger partial charge < -0.3 is 0 Å². The lowest BCUT2D eigenvalue weighted by Crippen LogP contribution is -2.22. The normalized spacial score (nSPS) is 9.40. The summed E-state index contributed by atoms with van der Waals surface area (Å²) in [6.07, 6.45) is 1.23. The van der Waals surface area contributed by atoms with Crippen molar-refractivity contribution in [3.8, 4) is 0 Å². The Balaban J connectivity index is 2.78. The van der Waals surface area contributed by atoms with Crippen LogP contribution in [0.15, 0.2) is 6.20 Å². The van der Waals surface area contributed by atoms with Gasteiger partial charge in [-0.3, -0.25) is 15.1 Å². The predicted octanol–water partition coefficient (Wildman–Crippen LogP) is -0.734. The Bertz CT molecular complexity index is 217. The van der Waals surface area contributed by atoms with E-state index in [0.29, 0.717) is 5.06 Å². The Kier molecular flexibility index (Phi) is 1.63. The summed E-state index contributed by atoms with van der Waals surface area (Å²) in [6, 6.07) is 0. The Morgan fingerprint density at radius 3 is 3.00 bits per heavy atom. The van der Waals surface area contributed by atoms with Gasteiger partial charge in [0, 0.05) is 7.05 Å². The number of nitrogens with one attached hydrogen (secondary N) is 1. The molecule has 0 atom stereocenters. The molecule has 0 saturated heterocycles.